The van der Waals surface area contributed by atoms with Gasteiger partial charge in [0.1, 0.15) is 0 Å². The van der Waals surface area contributed by atoms with Crippen LogP contribution in [0.2, 0.25) is 0 Å². The molecule has 3 nitrogen and oxygen atoms in total. The first-order valence-corrected chi connectivity index (χ1v) is 5.79. The van der Waals surface area contributed by atoms with Crippen molar-refractivity contribution in [3.8, 4) is 5.75 Å². The molecule has 17 heavy (non-hydrogen) atoms. The molecule has 1 aliphatic rings. The van der Waals surface area contributed by atoms with Crippen LogP contribution in [0.4, 0.5) is 4.39 Å². The molecular formula is C13H18FNO2. The minimum absolute atomic E-state index is 0.0461. The average Bonchev–Trinajstić information content (AvgIpc) is 2.75. The van der Waals surface area contributed by atoms with Crippen molar-refractivity contribution in [3.05, 3.63) is 29.6 Å². The molecule has 2 rings (SSSR count). The molecule has 0 saturated carbocycles. The zero-order chi connectivity index (χ0) is 12.3. The summed E-state index contributed by atoms with van der Waals surface area (Å²) in [5, 5.41) is 3.35. The third-order valence-corrected chi connectivity index (χ3v) is 3.19. The van der Waals surface area contributed by atoms with Gasteiger partial charge in [-0.15, -0.1) is 0 Å². The molecule has 1 aromatic carbocycles. The molecule has 0 radical (unpaired) electrons. The molecule has 0 aliphatic carbocycles. The maximum atomic E-state index is 13.9. The fourth-order valence-electron chi connectivity index (χ4n) is 1.97. The van der Waals surface area contributed by atoms with E-state index in [1.807, 2.05) is 0 Å². The van der Waals surface area contributed by atoms with E-state index >= 15 is 0 Å². The maximum absolute atomic E-state index is 13.9. The molecule has 1 fully saturated rings. The van der Waals surface area contributed by atoms with E-state index in [-0.39, 0.29) is 17.1 Å². The highest BCUT2D eigenvalue weighted by Crippen LogP contribution is 2.22. The van der Waals surface area contributed by atoms with E-state index in [9.17, 15) is 4.39 Å². The lowest BCUT2D eigenvalue weighted by Gasteiger charge is -2.23. The molecule has 4 heteroatoms. The lowest BCUT2D eigenvalue weighted by atomic mass is 10.0. The SMILES string of the molecule is COc1cccc(CNC2(C)CCOC2)c1F. The Hall–Kier alpha value is -1.13. The van der Waals surface area contributed by atoms with Gasteiger partial charge < -0.3 is 14.8 Å². The van der Waals surface area contributed by atoms with Crippen LogP contribution in [-0.4, -0.2) is 25.9 Å². The van der Waals surface area contributed by atoms with Gasteiger partial charge in [-0.1, -0.05) is 12.1 Å². The van der Waals surface area contributed by atoms with E-state index in [2.05, 4.69) is 12.2 Å². The Bertz CT molecular complexity index is 389. The number of methoxy groups -OCH3 is 1. The zero-order valence-corrected chi connectivity index (χ0v) is 10.3. The van der Waals surface area contributed by atoms with Gasteiger partial charge in [-0.05, 0) is 19.4 Å². The van der Waals surface area contributed by atoms with E-state index in [0.29, 0.717) is 18.7 Å². The van der Waals surface area contributed by atoms with E-state index in [1.165, 1.54) is 7.11 Å². The van der Waals surface area contributed by atoms with Crippen molar-refractivity contribution in [2.24, 2.45) is 0 Å². The van der Waals surface area contributed by atoms with Crippen molar-refractivity contribution >= 4 is 0 Å². The second kappa shape index (κ2) is 5.02. The van der Waals surface area contributed by atoms with Gasteiger partial charge in [0.15, 0.2) is 11.6 Å². The number of hydrogen-bond acceptors (Lipinski definition) is 3. The summed E-state index contributed by atoms with van der Waals surface area (Å²) in [5.74, 6) is 0.00198. The highest BCUT2D eigenvalue weighted by atomic mass is 19.1. The lowest BCUT2D eigenvalue weighted by Crippen LogP contribution is -2.42. The molecule has 1 heterocycles. The van der Waals surface area contributed by atoms with Gasteiger partial charge in [0.25, 0.3) is 0 Å². The zero-order valence-electron chi connectivity index (χ0n) is 10.3. The molecule has 1 saturated heterocycles. The summed E-state index contributed by atoms with van der Waals surface area (Å²) in [6.07, 6.45) is 0.957. The summed E-state index contributed by atoms with van der Waals surface area (Å²) in [6, 6.07) is 5.19. The number of halogens is 1. The van der Waals surface area contributed by atoms with Crippen LogP contribution in [-0.2, 0) is 11.3 Å². The summed E-state index contributed by atoms with van der Waals surface area (Å²) >= 11 is 0. The Morgan fingerprint density at radius 3 is 3.00 bits per heavy atom. The first kappa shape index (κ1) is 12.3. The predicted octanol–water partition coefficient (Wildman–Crippen LogP) is 2.10. The number of hydrogen-bond donors (Lipinski definition) is 1. The van der Waals surface area contributed by atoms with Crippen molar-refractivity contribution < 1.29 is 13.9 Å². The van der Waals surface area contributed by atoms with E-state index < -0.39 is 0 Å². The van der Waals surface area contributed by atoms with E-state index in [4.69, 9.17) is 9.47 Å². The molecule has 1 aromatic rings. The van der Waals surface area contributed by atoms with Crippen molar-refractivity contribution in [1.82, 2.24) is 5.32 Å². The van der Waals surface area contributed by atoms with Gasteiger partial charge >= 0.3 is 0 Å². The normalized spacial score (nSPS) is 23.9. The minimum Gasteiger partial charge on any atom is -0.494 e. The predicted molar refractivity (Wildman–Crippen MR) is 63.6 cm³/mol. The van der Waals surface area contributed by atoms with Gasteiger partial charge in [-0.2, -0.15) is 0 Å². The molecule has 1 N–H and O–H groups in total. The Kier molecular flexibility index (Phi) is 3.64. The number of nitrogens with one attached hydrogen (secondary N) is 1. The molecule has 0 bridgehead atoms. The highest BCUT2D eigenvalue weighted by molar-refractivity contribution is 5.31. The molecule has 0 amide bonds. The van der Waals surface area contributed by atoms with Crippen LogP contribution >= 0.6 is 0 Å². The van der Waals surface area contributed by atoms with Crippen molar-refractivity contribution in [3.63, 3.8) is 0 Å². The quantitative estimate of drug-likeness (QED) is 0.873. The first-order chi connectivity index (χ1) is 8.14. The largest absolute Gasteiger partial charge is 0.494 e. The van der Waals surface area contributed by atoms with Gasteiger partial charge in [0.2, 0.25) is 0 Å². The van der Waals surface area contributed by atoms with Crippen LogP contribution in [0, 0.1) is 5.82 Å². The van der Waals surface area contributed by atoms with Crippen LogP contribution in [0.15, 0.2) is 18.2 Å². The van der Waals surface area contributed by atoms with Crippen LogP contribution in [0.5, 0.6) is 5.75 Å². The summed E-state index contributed by atoms with van der Waals surface area (Å²) < 4.78 is 24.2. The first-order valence-electron chi connectivity index (χ1n) is 5.79. The maximum Gasteiger partial charge on any atom is 0.169 e. The molecular weight excluding hydrogens is 221 g/mol. The second-order valence-corrected chi connectivity index (χ2v) is 4.65. The molecule has 1 atom stereocenters. The smallest absolute Gasteiger partial charge is 0.169 e. The topological polar surface area (TPSA) is 30.5 Å². The summed E-state index contributed by atoms with van der Waals surface area (Å²) in [4.78, 5) is 0. The monoisotopic (exact) mass is 239 g/mol. The van der Waals surface area contributed by atoms with Crippen LogP contribution in [0.25, 0.3) is 0 Å². The molecule has 1 unspecified atom stereocenters. The molecule has 0 spiro atoms. The molecule has 0 aromatic heterocycles. The number of benzene rings is 1. The Balaban J connectivity index is 2.03. The van der Waals surface area contributed by atoms with Gasteiger partial charge in [-0.25, -0.2) is 4.39 Å². The summed E-state index contributed by atoms with van der Waals surface area (Å²) in [7, 11) is 1.47. The van der Waals surface area contributed by atoms with E-state index in [1.54, 1.807) is 18.2 Å². The Labute approximate surface area is 101 Å². The van der Waals surface area contributed by atoms with Crippen molar-refractivity contribution in [2.45, 2.75) is 25.4 Å². The third-order valence-electron chi connectivity index (χ3n) is 3.19. The highest BCUT2D eigenvalue weighted by Gasteiger charge is 2.29. The number of rotatable bonds is 4. The lowest BCUT2D eigenvalue weighted by molar-refractivity contribution is 0.171. The molecule has 94 valence electrons. The second-order valence-electron chi connectivity index (χ2n) is 4.65. The molecule has 1 aliphatic heterocycles. The van der Waals surface area contributed by atoms with E-state index in [0.717, 1.165) is 13.0 Å². The summed E-state index contributed by atoms with van der Waals surface area (Å²) in [6.45, 7) is 4.03. The van der Waals surface area contributed by atoms with Crippen molar-refractivity contribution in [2.75, 3.05) is 20.3 Å². The fraction of sp³-hybridized carbons (Fsp3) is 0.538. The van der Waals surface area contributed by atoms with Crippen molar-refractivity contribution in [1.29, 1.82) is 0 Å². The summed E-state index contributed by atoms with van der Waals surface area (Å²) in [5.41, 5.74) is 0.577. The average molecular weight is 239 g/mol. The minimum atomic E-state index is -0.287. The van der Waals surface area contributed by atoms with Gasteiger partial charge in [0.05, 0.1) is 13.7 Å². The number of ether oxygens (including phenoxy) is 2. The van der Waals surface area contributed by atoms with Crippen LogP contribution in [0.1, 0.15) is 18.9 Å². The third kappa shape index (κ3) is 2.76. The van der Waals surface area contributed by atoms with Gasteiger partial charge in [-0.3, -0.25) is 0 Å². The Morgan fingerprint density at radius 2 is 2.35 bits per heavy atom. The Morgan fingerprint density at radius 1 is 1.53 bits per heavy atom. The fourth-order valence-corrected chi connectivity index (χ4v) is 1.97. The van der Waals surface area contributed by atoms with Gasteiger partial charge in [0, 0.05) is 24.3 Å². The van der Waals surface area contributed by atoms with Crippen LogP contribution < -0.4 is 10.1 Å². The standard InChI is InChI=1S/C13H18FNO2/c1-13(6-7-17-9-13)15-8-10-4-3-5-11(16-2)12(10)14/h3-5,15H,6-9H2,1-2H3. The van der Waals surface area contributed by atoms with Crippen LogP contribution in [0.3, 0.4) is 0 Å².